The van der Waals surface area contributed by atoms with E-state index in [0.29, 0.717) is 21.7 Å². The molecule has 1 heterocycles. The van der Waals surface area contributed by atoms with Crippen molar-refractivity contribution in [1.29, 1.82) is 0 Å². The smallest absolute Gasteiger partial charge is 0.144 e. The van der Waals surface area contributed by atoms with Crippen LogP contribution in [0.4, 0.5) is 5.82 Å². The first kappa shape index (κ1) is 10.9. The lowest BCUT2D eigenvalue weighted by atomic mass is 10.4. The maximum atomic E-state index is 5.87. The molecule has 0 saturated carbocycles. The molecule has 72 valence electrons. The Hall–Kier alpha value is -0.180. The van der Waals surface area contributed by atoms with E-state index in [9.17, 15) is 0 Å². The van der Waals surface area contributed by atoms with Crippen LogP contribution in [-0.2, 0) is 0 Å². The quantitative estimate of drug-likeness (QED) is 0.643. The summed E-state index contributed by atoms with van der Waals surface area (Å²) in [6, 6.07) is 1.65. The van der Waals surface area contributed by atoms with E-state index in [2.05, 4.69) is 10.3 Å². The van der Waals surface area contributed by atoms with Gasteiger partial charge in [0.05, 0.1) is 10.0 Å². The minimum atomic E-state index is 0.530. The average molecular weight is 240 g/mol. The number of nitrogens with zero attached hydrogens (tertiary/aromatic N) is 1. The van der Waals surface area contributed by atoms with Crippen molar-refractivity contribution in [3.8, 4) is 0 Å². The van der Waals surface area contributed by atoms with Gasteiger partial charge in [-0.05, 0) is 12.5 Å². The molecule has 1 aromatic heterocycles. The fraction of sp³-hybridized carbons (Fsp3) is 0.375. The van der Waals surface area contributed by atoms with Crippen molar-refractivity contribution in [2.75, 3.05) is 17.7 Å². The highest BCUT2D eigenvalue weighted by Crippen LogP contribution is 2.22. The molecular formula is C8H9Cl3N2. The molecule has 0 spiro atoms. The van der Waals surface area contributed by atoms with Gasteiger partial charge in [0.2, 0.25) is 0 Å². The van der Waals surface area contributed by atoms with E-state index >= 15 is 0 Å². The second kappa shape index (κ2) is 5.53. The van der Waals surface area contributed by atoms with Crippen molar-refractivity contribution in [1.82, 2.24) is 4.98 Å². The van der Waals surface area contributed by atoms with Crippen LogP contribution in [0.5, 0.6) is 0 Å². The molecule has 0 radical (unpaired) electrons. The van der Waals surface area contributed by atoms with Gasteiger partial charge < -0.3 is 5.32 Å². The first-order valence-corrected chi connectivity index (χ1v) is 5.14. The molecule has 0 aliphatic heterocycles. The lowest BCUT2D eigenvalue weighted by Crippen LogP contribution is -2.03. The number of nitrogens with one attached hydrogen (secondary N) is 1. The highest BCUT2D eigenvalue weighted by molar-refractivity contribution is 6.35. The maximum Gasteiger partial charge on any atom is 0.144 e. The summed E-state index contributed by atoms with van der Waals surface area (Å²) >= 11 is 17.1. The Morgan fingerprint density at radius 3 is 2.77 bits per heavy atom. The van der Waals surface area contributed by atoms with Crippen molar-refractivity contribution in [2.24, 2.45) is 0 Å². The van der Waals surface area contributed by atoms with Crippen LogP contribution in [0.3, 0.4) is 0 Å². The number of hydrogen-bond donors (Lipinski definition) is 1. The fourth-order valence-corrected chi connectivity index (χ4v) is 1.40. The van der Waals surface area contributed by atoms with Gasteiger partial charge in [0.15, 0.2) is 0 Å². The normalized spacial score (nSPS) is 10.1. The summed E-state index contributed by atoms with van der Waals surface area (Å²) in [6.07, 6.45) is 2.43. The highest BCUT2D eigenvalue weighted by Gasteiger charge is 2.00. The van der Waals surface area contributed by atoms with Gasteiger partial charge in [-0.3, -0.25) is 0 Å². The van der Waals surface area contributed by atoms with Gasteiger partial charge in [0.1, 0.15) is 5.82 Å². The summed E-state index contributed by atoms with van der Waals surface area (Å²) in [4.78, 5) is 4.03. The zero-order valence-corrected chi connectivity index (χ0v) is 9.12. The molecule has 5 heteroatoms. The van der Waals surface area contributed by atoms with Crippen molar-refractivity contribution < 1.29 is 0 Å². The number of anilines is 1. The monoisotopic (exact) mass is 238 g/mol. The van der Waals surface area contributed by atoms with Crippen molar-refractivity contribution >= 4 is 40.6 Å². The second-order valence-electron chi connectivity index (χ2n) is 2.45. The third kappa shape index (κ3) is 3.59. The van der Waals surface area contributed by atoms with E-state index in [1.54, 1.807) is 12.3 Å². The van der Waals surface area contributed by atoms with Crippen LogP contribution in [0.1, 0.15) is 6.42 Å². The van der Waals surface area contributed by atoms with Crippen molar-refractivity contribution in [3.05, 3.63) is 22.3 Å². The van der Waals surface area contributed by atoms with Gasteiger partial charge in [-0.2, -0.15) is 0 Å². The van der Waals surface area contributed by atoms with Crippen LogP contribution >= 0.6 is 34.8 Å². The van der Waals surface area contributed by atoms with E-state index in [1.807, 2.05) is 0 Å². The Morgan fingerprint density at radius 1 is 1.38 bits per heavy atom. The molecule has 0 unspecified atom stereocenters. The molecule has 0 bridgehead atoms. The Labute approximate surface area is 92.2 Å². The molecule has 1 aromatic rings. The molecule has 13 heavy (non-hydrogen) atoms. The number of halogens is 3. The minimum Gasteiger partial charge on any atom is -0.369 e. The molecular weight excluding hydrogens is 230 g/mol. The van der Waals surface area contributed by atoms with Gasteiger partial charge in [0.25, 0.3) is 0 Å². The van der Waals surface area contributed by atoms with Crippen LogP contribution < -0.4 is 5.32 Å². The van der Waals surface area contributed by atoms with Crippen LogP contribution in [0.2, 0.25) is 10.0 Å². The number of aromatic nitrogens is 1. The van der Waals surface area contributed by atoms with Gasteiger partial charge >= 0.3 is 0 Å². The van der Waals surface area contributed by atoms with E-state index in [-0.39, 0.29) is 0 Å². The topological polar surface area (TPSA) is 24.9 Å². The van der Waals surface area contributed by atoms with Gasteiger partial charge in [-0.15, -0.1) is 11.6 Å². The third-order valence-corrected chi connectivity index (χ3v) is 2.17. The summed E-state index contributed by atoms with van der Waals surface area (Å²) in [6.45, 7) is 0.762. The third-order valence-electron chi connectivity index (χ3n) is 1.41. The van der Waals surface area contributed by atoms with Crippen molar-refractivity contribution in [2.45, 2.75) is 6.42 Å². The first-order valence-electron chi connectivity index (χ1n) is 3.85. The Kier molecular flexibility index (Phi) is 4.64. The summed E-state index contributed by atoms with van der Waals surface area (Å²) in [5.74, 6) is 1.27. The Bertz CT molecular complexity index is 278. The van der Waals surface area contributed by atoms with Gasteiger partial charge in [-0.25, -0.2) is 4.98 Å². The molecule has 2 nitrogen and oxygen atoms in total. The van der Waals surface area contributed by atoms with Crippen LogP contribution in [0.25, 0.3) is 0 Å². The van der Waals surface area contributed by atoms with Gasteiger partial charge in [-0.1, -0.05) is 23.2 Å². The first-order chi connectivity index (χ1) is 6.24. The summed E-state index contributed by atoms with van der Waals surface area (Å²) in [5.41, 5.74) is 0. The van der Waals surface area contributed by atoms with Crippen LogP contribution in [-0.4, -0.2) is 17.4 Å². The summed E-state index contributed by atoms with van der Waals surface area (Å²) in [5, 5.41) is 4.12. The molecule has 0 saturated heterocycles. The number of pyridine rings is 1. The lowest BCUT2D eigenvalue weighted by Gasteiger charge is -2.05. The number of hydrogen-bond acceptors (Lipinski definition) is 2. The summed E-state index contributed by atoms with van der Waals surface area (Å²) in [7, 11) is 0. The molecule has 1 rings (SSSR count). The van der Waals surface area contributed by atoms with E-state index in [4.69, 9.17) is 34.8 Å². The zero-order chi connectivity index (χ0) is 9.68. The minimum absolute atomic E-state index is 0.530. The number of alkyl halides is 1. The fourth-order valence-electron chi connectivity index (χ4n) is 0.818. The highest BCUT2D eigenvalue weighted by atomic mass is 35.5. The largest absolute Gasteiger partial charge is 0.369 e. The predicted molar refractivity (Wildman–Crippen MR) is 58.1 cm³/mol. The SMILES string of the molecule is ClCCCNc1ncc(Cl)cc1Cl. The number of rotatable bonds is 4. The lowest BCUT2D eigenvalue weighted by molar-refractivity contribution is 0.976. The standard InChI is InChI=1S/C8H9Cl3N2/c9-2-1-3-12-8-7(11)4-6(10)5-13-8/h4-5H,1-3H2,(H,12,13). The Balaban J connectivity index is 2.56. The predicted octanol–water partition coefficient (Wildman–Crippen LogP) is 3.43. The summed E-state index contributed by atoms with van der Waals surface area (Å²) < 4.78 is 0. The van der Waals surface area contributed by atoms with Crippen LogP contribution in [0.15, 0.2) is 12.3 Å². The molecule has 0 aliphatic rings. The van der Waals surface area contributed by atoms with E-state index in [0.717, 1.165) is 13.0 Å². The van der Waals surface area contributed by atoms with E-state index in [1.165, 1.54) is 0 Å². The average Bonchev–Trinajstić information content (AvgIpc) is 2.09. The molecule has 1 N–H and O–H groups in total. The van der Waals surface area contributed by atoms with Crippen molar-refractivity contribution in [3.63, 3.8) is 0 Å². The van der Waals surface area contributed by atoms with Gasteiger partial charge in [0, 0.05) is 18.6 Å². The maximum absolute atomic E-state index is 5.87. The molecule has 0 fully saturated rings. The molecule has 0 atom stereocenters. The van der Waals surface area contributed by atoms with E-state index < -0.39 is 0 Å². The second-order valence-corrected chi connectivity index (χ2v) is 3.67. The zero-order valence-electron chi connectivity index (χ0n) is 6.86. The molecule has 0 amide bonds. The Morgan fingerprint density at radius 2 is 2.15 bits per heavy atom. The molecule has 0 aliphatic carbocycles. The van der Waals surface area contributed by atoms with Crippen LogP contribution in [0, 0.1) is 0 Å². The molecule has 0 aromatic carbocycles.